The molecule has 2 aliphatic heterocycles. The molecule has 0 bridgehead atoms. The Kier molecular flexibility index (Phi) is 5.27. The molecule has 3 rings (SSSR count). The molecule has 0 aliphatic carbocycles. The minimum absolute atomic E-state index is 0.00116. The van der Waals surface area contributed by atoms with Crippen molar-refractivity contribution < 1.29 is 14.4 Å². The molecule has 1 aromatic rings. The lowest BCUT2D eigenvalue weighted by Crippen LogP contribution is -2.54. The van der Waals surface area contributed by atoms with E-state index in [0.717, 1.165) is 11.3 Å². The van der Waals surface area contributed by atoms with Crippen LogP contribution in [-0.2, 0) is 14.4 Å². The standard InChI is InChI=1S/C21H29N3O3/c1-15-5-7-17(8-6-15)24-14-16(13-18(24)25)19(26)22-9-11-23(12-10-22)20(27)21(2,3)4/h5-8,16H,9-14H2,1-4H3. The van der Waals surface area contributed by atoms with Crippen LogP contribution in [-0.4, -0.2) is 60.2 Å². The minimum Gasteiger partial charge on any atom is -0.339 e. The fourth-order valence-electron chi connectivity index (χ4n) is 3.71. The number of rotatable bonds is 2. The zero-order valence-corrected chi connectivity index (χ0v) is 16.7. The molecule has 0 saturated carbocycles. The summed E-state index contributed by atoms with van der Waals surface area (Å²) in [5.74, 6) is -0.153. The topological polar surface area (TPSA) is 60.9 Å². The molecule has 0 N–H and O–H groups in total. The summed E-state index contributed by atoms with van der Waals surface area (Å²) >= 11 is 0. The van der Waals surface area contributed by atoms with E-state index in [0.29, 0.717) is 32.7 Å². The van der Waals surface area contributed by atoms with Crippen LogP contribution >= 0.6 is 0 Å². The normalized spacial score (nSPS) is 21.0. The Hall–Kier alpha value is -2.37. The number of carbonyl (C=O) groups is 3. The van der Waals surface area contributed by atoms with Crippen molar-refractivity contribution in [1.82, 2.24) is 9.80 Å². The van der Waals surface area contributed by atoms with Gasteiger partial charge in [0.2, 0.25) is 17.7 Å². The molecule has 1 unspecified atom stereocenters. The van der Waals surface area contributed by atoms with Crippen LogP contribution in [0.3, 0.4) is 0 Å². The highest BCUT2D eigenvalue weighted by Crippen LogP contribution is 2.27. The Bertz CT molecular complexity index is 728. The molecule has 6 heteroatoms. The quantitative estimate of drug-likeness (QED) is 0.800. The molecule has 2 aliphatic rings. The number of carbonyl (C=O) groups excluding carboxylic acids is 3. The molecule has 0 aromatic heterocycles. The summed E-state index contributed by atoms with van der Waals surface area (Å²) in [6, 6.07) is 7.81. The van der Waals surface area contributed by atoms with Gasteiger partial charge in [0.15, 0.2) is 0 Å². The number of amides is 3. The van der Waals surface area contributed by atoms with Gasteiger partial charge in [0.25, 0.3) is 0 Å². The third-order valence-corrected chi connectivity index (χ3v) is 5.34. The molecule has 146 valence electrons. The second kappa shape index (κ2) is 7.33. The maximum absolute atomic E-state index is 12.9. The van der Waals surface area contributed by atoms with Crippen LogP contribution in [0.4, 0.5) is 5.69 Å². The first-order valence-corrected chi connectivity index (χ1v) is 9.62. The van der Waals surface area contributed by atoms with Gasteiger partial charge in [-0.3, -0.25) is 14.4 Å². The molecule has 27 heavy (non-hydrogen) atoms. The van der Waals surface area contributed by atoms with Crippen molar-refractivity contribution in [1.29, 1.82) is 0 Å². The van der Waals surface area contributed by atoms with Crippen molar-refractivity contribution >= 4 is 23.4 Å². The predicted octanol–water partition coefficient (Wildman–Crippen LogP) is 2.06. The van der Waals surface area contributed by atoms with Crippen molar-refractivity contribution in [3.63, 3.8) is 0 Å². The maximum atomic E-state index is 12.9. The van der Waals surface area contributed by atoms with Gasteiger partial charge in [-0.25, -0.2) is 0 Å². The van der Waals surface area contributed by atoms with E-state index in [-0.39, 0.29) is 30.1 Å². The second-order valence-electron chi connectivity index (χ2n) is 8.61. The first kappa shape index (κ1) is 19.4. The minimum atomic E-state index is -0.404. The molecule has 2 fully saturated rings. The number of aryl methyl sites for hydroxylation is 1. The van der Waals surface area contributed by atoms with Crippen molar-refractivity contribution in [3.8, 4) is 0 Å². The van der Waals surface area contributed by atoms with Gasteiger partial charge in [-0.2, -0.15) is 0 Å². The van der Waals surface area contributed by atoms with E-state index in [1.54, 1.807) is 4.90 Å². The zero-order valence-electron chi connectivity index (χ0n) is 16.7. The molecule has 6 nitrogen and oxygen atoms in total. The van der Waals surface area contributed by atoms with Crippen molar-refractivity contribution in [2.75, 3.05) is 37.6 Å². The Morgan fingerprint density at radius 3 is 2.07 bits per heavy atom. The summed E-state index contributed by atoms with van der Waals surface area (Å²) in [4.78, 5) is 43.0. The van der Waals surface area contributed by atoms with Crippen LogP contribution in [0, 0.1) is 18.3 Å². The third-order valence-electron chi connectivity index (χ3n) is 5.34. The maximum Gasteiger partial charge on any atom is 0.228 e. The monoisotopic (exact) mass is 371 g/mol. The van der Waals surface area contributed by atoms with E-state index in [2.05, 4.69) is 0 Å². The second-order valence-corrected chi connectivity index (χ2v) is 8.61. The number of piperazine rings is 1. The van der Waals surface area contributed by atoms with Crippen LogP contribution < -0.4 is 4.90 Å². The number of nitrogens with zero attached hydrogens (tertiary/aromatic N) is 3. The molecular weight excluding hydrogens is 342 g/mol. The van der Waals surface area contributed by atoms with Crippen molar-refractivity contribution in [2.24, 2.45) is 11.3 Å². The Balaban J connectivity index is 1.59. The summed E-state index contributed by atoms with van der Waals surface area (Å²) in [5.41, 5.74) is 1.58. The highest BCUT2D eigenvalue weighted by atomic mass is 16.2. The Morgan fingerprint density at radius 1 is 0.963 bits per heavy atom. The van der Waals surface area contributed by atoms with Gasteiger partial charge in [0.05, 0.1) is 5.92 Å². The molecule has 0 spiro atoms. The first-order valence-electron chi connectivity index (χ1n) is 9.62. The average molecular weight is 371 g/mol. The molecule has 1 atom stereocenters. The molecule has 3 amide bonds. The fraction of sp³-hybridized carbons (Fsp3) is 0.571. The van der Waals surface area contributed by atoms with E-state index in [4.69, 9.17) is 0 Å². The van der Waals surface area contributed by atoms with E-state index in [1.165, 1.54) is 0 Å². The lowest BCUT2D eigenvalue weighted by atomic mass is 9.94. The average Bonchev–Trinajstić information content (AvgIpc) is 3.02. The zero-order chi connectivity index (χ0) is 19.8. The van der Waals surface area contributed by atoms with E-state index in [1.807, 2.05) is 61.8 Å². The van der Waals surface area contributed by atoms with Gasteiger partial charge < -0.3 is 14.7 Å². The SMILES string of the molecule is Cc1ccc(N2CC(C(=O)N3CCN(C(=O)C(C)(C)C)CC3)CC2=O)cc1. The molecule has 0 radical (unpaired) electrons. The lowest BCUT2D eigenvalue weighted by molar-refractivity contribution is -0.146. The van der Waals surface area contributed by atoms with Gasteiger partial charge in [-0.05, 0) is 19.1 Å². The van der Waals surface area contributed by atoms with Gasteiger partial charge in [0, 0.05) is 50.2 Å². The first-order chi connectivity index (χ1) is 12.7. The smallest absolute Gasteiger partial charge is 0.228 e. The van der Waals surface area contributed by atoms with Crippen molar-refractivity contribution in [3.05, 3.63) is 29.8 Å². The summed E-state index contributed by atoms with van der Waals surface area (Å²) < 4.78 is 0. The number of hydrogen-bond acceptors (Lipinski definition) is 3. The molecule has 1 aromatic carbocycles. The lowest BCUT2D eigenvalue weighted by Gasteiger charge is -2.38. The summed E-state index contributed by atoms with van der Waals surface area (Å²) in [5, 5.41) is 0. The van der Waals surface area contributed by atoms with Crippen molar-refractivity contribution in [2.45, 2.75) is 34.1 Å². The number of hydrogen-bond donors (Lipinski definition) is 0. The van der Waals surface area contributed by atoms with E-state index < -0.39 is 5.41 Å². The van der Waals surface area contributed by atoms with Gasteiger partial charge >= 0.3 is 0 Å². The Labute approximate surface area is 161 Å². The number of anilines is 1. The highest BCUT2D eigenvalue weighted by molar-refractivity contribution is 6.00. The summed E-state index contributed by atoms with van der Waals surface area (Å²) in [7, 11) is 0. The molecule has 2 saturated heterocycles. The third kappa shape index (κ3) is 4.15. The Morgan fingerprint density at radius 2 is 1.52 bits per heavy atom. The van der Waals surface area contributed by atoms with Crippen LogP contribution in [0.15, 0.2) is 24.3 Å². The molecular formula is C21H29N3O3. The van der Waals surface area contributed by atoms with E-state index in [9.17, 15) is 14.4 Å². The van der Waals surface area contributed by atoms with E-state index >= 15 is 0 Å². The predicted molar refractivity (Wildman–Crippen MR) is 104 cm³/mol. The number of benzene rings is 1. The molecule has 2 heterocycles. The summed E-state index contributed by atoms with van der Waals surface area (Å²) in [6.45, 7) is 10.4. The van der Waals surface area contributed by atoms with Crippen LogP contribution in [0.5, 0.6) is 0 Å². The van der Waals surface area contributed by atoms with Gasteiger partial charge in [0.1, 0.15) is 0 Å². The van der Waals surface area contributed by atoms with Crippen LogP contribution in [0.1, 0.15) is 32.8 Å². The van der Waals surface area contributed by atoms with Crippen LogP contribution in [0.25, 0.3) is 0 Å². The summed E-state index contributed by atoms with van der Waals surface area (Å²) in [6.07, 6.45) is 0.258. The van der Waals surface area contributed by atoms with Crippen LogP contribution in [0.2, 0.25) is 0 Å². The largest absolute Gasteiger partial charge is 0.339 e. The van der Waals surface area contributed by atoms with Gasteiger partial charge in [-0.15, -0.1) is 0 Å². The van der Waals surface area contributed by atoms with Gasteiger partial charge in [-0.1, -0.05) is 38.5 Å². The fourth-order valence-corrected chi connectivity index (χ4v) is 3.71. The highest BCUT2D eigenvalue weighted by Gasteiger charge is 2.38.